The van der Waals surface area contributed by atoms with E-state index in [-0.39, 0.29) is 25.5 Å². The van der Waals surface area contributed by atoms with Crippen molar-refractivity contribution in [2.24, 2.45) is 0 Å². The number of aromatic nitrogens is 1. The van der Waals surface area contributed by atoms with Gasteiger partial charge < -0.3 is 14.4 Å². The van der Waals surface area contributed by atoms with Gasteiger partial charge in [0.2, 0.25) is 0 Å². The summed E-state index contributed by atoms with van der Waals surface area (Å²) < 4.78 is 48.9. The normalized spacial score (nSPS) is 15.2. The van der Waals surface area contributed by atoms with Crippen molar-refractivity contribution in [1.82, 2.24) is 4.57 Å². The number of halogens is 4. The second-order valence-corrected chi connectivity index (χ2v) is 8.95. The van der Waals surface area contributed by atoms with E-state index in [0.717, 1.165) is 37.5 Å². The highest BCUT2D eigenvalue weighted by Crippen LogP contribution is 2.41. The predicted octanol–water partition coefficient (Wildman–Crippen LogP) is 7.41. The van der Waals surface area contributed by atoms with Crippen LogP contribution in [0.1, 0.15) is 61.1 Å². The summed E-state index contributed by atoms with van der Waals surface area (Å²) in [6, 6.07) is 9.67. The third kappa shape index (κ3) is 5.46. The van der Waals surface area contributed by atoms with Crippen LogP contribution in [0.15, 0.2) is 42.6 Å². The molecule has 0 atom stereocenters. The van der Waals surface area contributed by atoms with Gasteiger partial charge in [-0.2, -0.15) is 13.2 Å². The average molecular weight is 480 g/mol. The van der Waals surface area contributed by atoms with E-state index < -0.39 is 17.7 Å². The van der Waals surface area contributed by atoms with Gasteiger partial charge in [0.1, 0.15) is 12.4 Å². The Hall–Kier alpha value is -2.67. The highest BCUT2D eigenvalue weighted by Gasteiger charge is 2.35. The van der Waals surface area contributed by atoms with Crippen molar-refractivity contribution in [3.63, 3.8) is 0 Å². The molecule has 4 nitrogen and oxygen atoms in total. The monoisotopic (exact) mass is 479 g/mol. The number of carbonyl (C=O) groups is 1. The maximum atomic E-state index is 13.8. The number of fused-ring (bicyclic) bond motifs is 1. The van der Waals surface area contributed by atoms with E-state index in [4.69, 9.17) is 21.4 Å². The molecule has 0 spiro atoms. The SMILES string of the molecule is O=C(O)CCn1ccc2cc(OCc3ccc(C4CCCCC4)c(C(F)(F)F)c3)cc(Cl)c21. The van der Waals surface area contributed by atoms with Crippen molar-refractivity contribution in [2.45, 2.75) is 63.8 Å². The van der Waals surface area contributed by atoms with Crippen molar-refractivity contribution in [3.8, 4) is 5.75 Å². The minimum absolute atomic E-state index is 0.0183. The van der Waals surface area contributed by atoms with Crippen molar-refractivity contribution in [2.75, 3.05) is 0 Å². The number of hydrogen-bond acceptors (Lipinski definition) is 2. The highest BCUT2D eigenvalue weighted by atomic mass is 35.5. The largest absolute Gasteiger partial charge is 0.489 e. The van der Waals surface area contributed by atoms with Crippen molar-refractivity contribution in [1.29, 1.82) is 0 Å². The molecule has 1 aromatic heterocycles. The molecule has 1 fully saturated rings. The molecule has 1 aliphatic carbocycles. The van der Waals surface area contributed by atoms with Crippen molar-refractivity contribution >= 4 is 28.5 Å². The van der Waals surface area contributed by atoms with E-state index in [1.54, 1.807) is 41.1 Å². The lowest BCUT2D eigenvalue weighted by molar-refractivity contribution is -0.139. The zero-order valence-electron chi connectivity index (χ0n) is 18.0. The Kier molecular flexibility index (Phi) is 6.88. The fourth-order valence-electron chi connectivity index (χ4n) is 4.63. The minimum Gasteiger partial charge on any atom is -0.489 e. The lowest BCUT2D eigenvalue weighted by atomic mass is 9.81. The summed E-state index contributed by atoms with van der Waals surface area (Å²) in [5.74, 6) is -0.509. The number of ether oxygens (including phenoxy) is 1. The molecule has 8 heteroatoms. The van der Waals surface area contributed by atoms with E-state index in [1.165, 1.54) is 6.07 Å². The Morgan fingerprint density at radius 3 is 2.58 bits per heavy atom. The molecule has 0 saturated heterocycles. The van der Waals surface area contributed by atoms with Crippen molar-refractivity contribution < 1.29 is 27.8 Å². The summed E-state index contributed by atoms with van der Waals surface area (Å²) in [7, 11) is 0. The Balaban J connectivity index is 1.53. The van der Waals surface area contributed by atoms with Gasteiger partial charge in [-0.25, -0.2) is 0 Å². The van der Waals surface area contributed by atoms with E-state index in [0.29, 0.717) is 27.4 Å². The summed E-state index contributed by atoms with van der Waals surface area (Å²) in [6.45, 7) is 0.266. The first-order valence-corrected chi connectivity index (χ1v) is 11.4. The molecule has 4 rings (SSSR count). The van der Waals surface area contributed by atoms with Gasteiger partial charge in [-0.05, 0) is 48.1 Å². The fraction of sp³-hybridized carbons (Fsp3) is 0.400. The summed E-state index contributed by atoms with van der Waals surface area (Å²) in [6.07, 6.45) is 1.92. The Labute approximate surface area is 194 Å². The molecular weight excluding hydrogens is 455 g/mol. The van der Waals surface area contributed by atoms with Crippen LogP contribution in [0.2, 0.25) is 5.02 Å². The summed E-state index contributed by atoms with van der Waals surface area (Å²) in [5.41, 5.74) is 0.955. The van der Waals surface area contributed by atoms with Gasteiger partial charge in [0.05, 0.1) is 22.5 Å². The molecule has 176 valence electrons. The van der Waals surface area contributed by atoms with Gasteiger partial charge in [-0.1, -0.05) is 43.0 Å². The number of hydrogen-bond donors (Lipinski definition) is 1. The molecule has 0 aliphatic heterocycles. The van der Waals surface area contributed by atoms with Crippen LogP contribution in [-0.4, -0.2) is 15.6 Å². The summed E-state index contributed by atoms with van der Waals surface area (Å²) in [4.78, 5) is 10.8. The maximum Gasteiger partial charge on any atom is 0.416 e. The van der Waals surface area contributed by atoms with E-state index in [2.05, 4.69) is 0 Å². The fourth-order valence-corrected chi connectivity index (χ4v) is 4.96. The highest BCUT2D eigenvalue weighted by molar-refractivity contribution is 6.35. The van der Waals surface area contributed by atoms with Gasteiger partial charge in [-0.15, -0.1) is 0 Å². The second-order valence-electron chi connectivity index (χ2n) is 8.54. The van der Waals surface area contributed by atoms with Gasteiger partial charge >= 0.3 is 12.1 Å². The van der Waals surface area contributed by atoms with Crippen molar-refractivity contribution in [3.05, 3.63) is 64.3 Å². The first-order valence-electron chi connectivity index (χ1n) is 11.1. The van der Waals surface area contributed by atoms with E-state index >= 15 is 0 Å². The molecule has 33 heavy (non-hydrogen) atoms. The average Bonchev–Trinajstić information content (AvgIpc) is 3.19. The van der Waals surface area contributed by atoms with Crippen LogP contribution in [0, 0.1) is 0 Å². The van der Waals surface area contributed by atoms with Crippen LogP contribution in [-0.2, 0) is 24.1 Å². The molecule has 1 heterocycles. The van der Waals surface area contributed by atoms with E-state index in [1.807, 2.05) is 0 Å². The number of carboxylic acids is 1. The number of benzene rings is 2. The topological polar surface area (TPSA) is 51.5 Å². The van der Waals surface area contributed by atoms with Crippen LogP contribution < -0.4 is 4.74 Å². The van der Waals surface area contributed by atoms with Gasteiger partial charge in [0.25, 0.3) is 0 Å². The molecule has 1 saturated carbocycles. The Bertz CT molecular complexity index is 1150. The lowest BCUT2D eigenvalue weighted by Crippen LogP contribution is -2.15. The standard InChI is InChI=1S/C25H25ClF3NO3/c26-22-14-19(13-18-8-10-30(24(18)22)11-9-23(31)32)33-15-16-6-7-20(17-4-2-1-3-5-17)21(12-16)25(27,28)29/h6-8,10,12-14,17H,1-5,9,11,15H2,(H,31,32). The van der Waals surface area contributed by atoms with Crippen LogP contribution in [0.5, 0.6) is 5.75 Å². The molecule has 0 amide bonds. The molecule has 2 aromatic carbocycles. The zero-order chi connectivity index (χ0) is 23.6. The molecule has 3 aromatic rings. The first kappa shape index (κ1) is 23.5. The van der Waals surface area contributed by atoms with Crippen LogP contribution >= 0.6 is 11.6 Å². The molecule has 1 N–H and O–H groups in total. The molecular formula is C25H25ClF3NO3. The smallest absolute Gasteiger partial charge is 0.416 e. The van der Waals surface area contributed by atoms with Crippen LogP contribution in [0.3, 0.4) is 0 Å². The number of aliphatic carboxylic acids is 1. The molecule has 0 radical (unpaired) electrons. The summed E-state index contributed by atoms with van der Waals surface area (Å²) >= 11 is 6.40. The van der Waals surface area contributed by atoms with Gasteiger partial charge in [0, 0.05) is 24.2 Å². The number of aryl methyl sites for hydroxylation is 1. The number of alkyl halides is 3. The lowest BCUT2D eigenvalue weighted by Gasteiger charge is -2.25. The zero-order valence-corrected chi connectivity index (χ0v) is 18.8. The quantitative estimate of drug-likeness (QED) is 0.383. The number of carboxylic acid groups (broad SMARTS) is 1. The minimum atomic E-state index is -4.41. The third-order valence-electron chi connectivity index (χ3n) is 6.23. The van der Waals surface area contributed by atoms with Crippen LogP contribution in [0.25, 0.3) is 10.9 Å². The Morgan fingerprint density at radius 2 is 1.88 bits per heavy atom. The van der Waals surface area contributed by atoms with Gasteiger partial charge in [-0.3, -0.25) is 4.79 Å². The number of rotatable bonds is 7. The summed E-state index contributed by atoms with van der Waals surface area (Å²) in [5, 5.41) is 10.1. The number of nitrogens with zero attached hydrogens (tertiary/aromatic N) is 1. The maximum absolute atomic E-state index is 13.8. The predicted molar refractivity (Wildman–Crippen MR) is 121 cm³/mol. The van der Waals surface area contributed by atoms with Crippen LogP contribution in [0.4, 0.5) is 13.2 Å². The third-order valence-corrected chi connectivity index (χ3v) is 6.52. The molecule has 0 unspecified atom stereocenters. The first-order chi connectivity index (χ1) is 15.7. The van der Waals surface area contributed by atoms with E-state index in [9.17, 15) is 18.0 Å². The van der Waals surface area contributed by atoms with Gasteiger partial charge in [0.15, 0.2) is 0 Å². The molecule has 0 bridgehead atoms. The molecule has 1 aliphatic rings. The Morgan fingerprint density at radius 1 is 1.12 bits per heavy atom. The second kappa shape index (κ2) is 9.67.